The van der Waals surface area contributed by atoms with E-state index in [2.05, 4.69) is 4.98 Å². The van der Waals surface area contributed by atoms with E-state index in [1.54, 1.807) is 12.1 Å². The summed E-state index contributed by atoms with van der Waals surface area (Å²) in [6.45, 7) is 0.510. The number of rotatable bonds is 5. The van der Waals surface area contributed by atoms with Gasteiger partial charge in [0.1, 0.15) is 5.82 Å². The number of hydrogen-bond acceptors (Lipinski definition) is 1. The average Bonchev–Trinajstić information content (AvgIpc) is 2.94. The number of benzene rings is 2. The molecule has 1 heterocycles. The fraction of sp³-hybridized carbons (Fsp3) is 0.263. The molecule has 2 nitrogen and oxygen atoms in total. The maximum absolute atomic E-state index is 14.2. The smallest absolute Gasteiger partial charge is 0.352 e. The van der Waals surface area contributed by atoms with Crippen LogP contribution in [-0.4, -0.2) is 11.5 Å². The molecule has 0 aliphatic heterocycles. The van der Waals surface area contributed by atoms with Gasteiger partial charge in [-0.3, -0.25) is 0 Å². The number of aromatic nitrogens is 1. The van der Waals surface area contributed by atoms with Gasteiger partial charge in [-0.1, -0.05) is 23.7 Å². The summed E-state index contributed by atoms with van der Waals surface area (Å²) in [6, 6.07) is 7.78. The Morgan fingerprint density at radius 1 is 1.08 bits per heavy atom. The van der Waals surface area contributed by atoms with Gasteiger partial charge < -0.3 is 10.7 Å². The maximum Gasteiger partial charge on any atom is 0.416 e. The predicted molar refractivity (Wildman–Crippen MR) is 95.7 cm³/mol. The maximum atomic E-state index is 14.2. The first-order valence-electron chi connectivity index (χ1n) is 8.19. The fourth-order valence-corrected chi connectivity index (χ4v) is 3.28. The summed E-state index contributed by atoms with van der Waals surface area (Å²) in [6.07, 6.45) is -2.43. The lowest BCUT2D eigenvalue weighted by atomic mass is 9.99. The number of aromatic amines is 1. The topological polar surface area (TPSA) is 41.8 Å². The summed E-state index contributed by atoms with van der Waals surface area (Å²) in [5.41, 5.74) is 6.36. The van der Waals surface area contributed by atoms with Crippen molar-refractivity contribution in [3.05, 3.63) is 58.4 Å². The van der Waals surface area contributed by atoms with Gasteiger partial charge in [0.15, 0.2) is 0 Å². The summed E-state index contributed by atoms with van der Waals surface area (Å²) in [4.78, 5) is 2.94. The van der Waals surface area contributed by atoms with E-state index in [-0.39, 0.29) is 16.1 Å². The Kier molecular flexibility index (Phi) is 5.25. The van der Waals surface area contributed by atoms with Gasteiger partial charge in [0.2, 0.25) is 0 Å². The Morgan fingerprint density at radius 2 is 1.85 bits per heavy atom. The SMILES string of the molecule is NCCCCc1c(-c2cc(C(F)(F)F)ccc2Cl)[nH]c2c(F)cccc12. The first-order chi connectivity index (χ1) is 12.3. The number of nitrogens with one attached hydrogen (secondary N) is 1. The quantitative estimate of drug-likeness (QED) is 0.415. The molecule has 0 spiro atoms. The lowest BCUT2D eigenvalue weighted by Gasteiger charge is -2.11. The third-order valence-corrected chi connectivity index (χ3v) is 4.66. The first-order valence-corrected chi connectivity index (χ1v) is 8.57. The zero-order valence-corrected chi connectivity index (χ0v) is 14.5. The van der Waals surface area contributed by atoms with E-state index in [0.29, 0.717) is 24.0 Å². The highest BCUT2D eigenvalue weighted by Crippen LogP contribution is 2.39. The molecule has 0 fully saturated rings. The molecular weight excluding hydrogens is 368 g/mol. The molecule has 3 N–H and O–H groups in total. The number of alkyl halides is 3. The molecule has 0 unspecified atom stereocenters. The minimum Gasteiger partial charge on any atom is -0.352 e. The molecule has 26 heavy (non-hydrogen) atoms. The number of para-hydroxylation sites is 1. The Balaban J connectivity index is 2.21. The molecule has 0 saturated heterocycles. The highest BCUT2D eigenvalue weighted by Gasteiger charge is 2.31. The van der Waals surface area contributed by atoms with Crippen molar-refractivity contribution in [2.45, 2.75) is 25.4 Å². The Bertz CT molecular complexity index is 931. The van der Waals surface area contributed by atoms with Crippen molar-refractivity contribution in [3.8, 4) is 11.3 Å². The van der Waals surface area contributed by atoms with E-state index in [1.165, 1.54) is 12.1 Å². The van der Waals surface area contributed by atoms with Crippen LogP contribution < -0.4 is 5.73 Å². The first kappa shape index (κ1) is 18.7. The number of halogens is 5. The monoisotopic (exact) mass is 384 g/mol. The van der Waals surface area contributed by atoms with Crippen LogP contribution in [0.4, 0.5) is 17.6 Å². The molecule has 0 amide bonds. The molecule has 2 aromatic carbocycles. The predicted octanol–water partition coefficient (Wildman–Crippen LogP) is 5.93. The van der Waals surface area contributed by atoms with Crippen LogP contribution in [0.25, 0.3) is 22.2 Å². The van der Waals surface area contributed by atoms with E-state index < -0.39 is 17.6 Å². The summed E-state index contributed by atoms with van der Waals surface area (Å²) >= 11 is 6.18. The van der Waals surface area contributed by atoms with Crippen LogP contribution in [0.5, 0.6) is 0 Å². The van der Waals surface area contributed by atoms with Gasteiger partial charge in [-0.15, -0.1) is 0 Å². The molecule has 0 aliphatic carbocycles. The second-order valence-corrected chi connectivity index (χ2v) is 6.49. The molecule has 7 heteroatoms. The van der Waals surface area contributed by atoms with Gasteiger partial charge in [0.25, 0.3) is 0 Å². The second kappa shape index (κ2) is 7.29. The van der Waals surface area contributed by atoms with Crippen molar-refractivity contribution >= 4 is 22.5 Å². The van der Waals surface area contributed by atoms with E-state index in [1.807, 2.05) is 0 Å². The largest absolute Gasteiger partial charge is 0.416 e. The van der Waals surface area contributed by atoms with Crippen LogP contribution in [0, 0.1) is 5.82 Å². The normalized spacial score (nSPS) is 12.1. The third kappa shape index (κ3) is 3.57. The molecule has 3 aromatic rings. The summed E-state index contributed by atoms with van der Waals surface area (Å²) in [5.74, 6) is -0.461. The minimum absolute atomic E-state index is 0.171. The molecule has 138 valence electrons. The molecule has 3 rings (SSSR count). The zero-order chi connectivity index (χ0) is 18.9. The van der Waals surface area contributed by atoms with Crippen molar-refractivity contribution in [1.29, 1.82) is 0 Å². The van der Waals surface area contributed by atoms with Crippen molar-refractivity contribution in [2.24, 2.45) is 5.73 Å². The molecular formula is C19H17ClF4N2. The third-order valence-electron chi connectivity index (χ3n) is 4.33. The highest BCUT2D eigenvalue weighted by atomic mass is 35.5. The number of aryl methyl sites for hydroxylation is 1. The number of unbranched alkanes of at least 4 members (excludes halogenated alkanes) is 1. The fourth-order valence-electron chi connectivity index (χ4n) is 3.07. The number of fused-ring (bicyclic) bond motifs is 1. The van der Waals surface area contributed by atoms with Gasteiger partial charge in [-0.25, -0.2) is 4.39 Å². The van der Waals surface area contributed by atoms with Crippen LogP contribution in [0.2, 0.25) is 5.02 Å². The lowest BCUT2D eigenvalue weighted by Crippen LogP contribution is -2.05. The van der Waals surface area contributed by atoms with E-state index in [4.69, 9.17) is 17.3 Å². The highest BCUT2D eigenvalue weighted by molar-refractivity contribution is 6.33. The van der Waals surface area contributed by atoms with Gasteiger partial charge in [0, 0.05) is 16.0 Å². The Morgan fingerprint density at radius 3 is 2.54 bits per heavy atom. The number of H-pyrrole nitrogens is 1. The average molecular weight is 385 g/mol. The second-order valence-electron chi connectivity index (χ2n) is 6.08. The van der Waals surface area contributed by atoms with Crippen LogP contribution in [0.15, 0.2) is 36.4 Å². The van der Waals surface area contributed by atoms with Crippen molar-refractivity contribution in [3.63, 3.8) is 0 Å². The summed E-state index contributed by atoms with van der Waals surface area (Å²) in [5, 5.41) is 0.815. The van der Waals surface area contributed by atoms with Crippen LogP contribution >= 0.6 is 11.6 Å². The molecule has 0 aliphatic rings. The van der Waals surface area contributed by atoms with E-state index in [0.717, 1.165) is 30.5 Å². The van der Waals surface area contributed by atoms with E-state index in [9.17, 15) is 17.6 Å². The Hall–Kier alpha value is -2.05. The summed E-state index contributed by atoms with van der Waals surface area (Å²) in [7, 11) is 0. The minimum atomic E-state index is -4.49. The Labute approximate surface area is 153 Å². The lowest BCUT2D eigenvalue weighted by molar-refractivity contribution is -0.137. The molecule has 0 atom stereocenters. The summed E-state index contributed by atoms with van der Waals surface area (Å²) < 4.78 is 53.5. The van der Waals surface area contributed by atoms with Crippen molar-refractivity contribution in [1.82, 2.24) is 4.98 Å². The molecule has 0 saturated carbocycles. The zero-order valence-electron chi connectivity index (χ0n) is 13.8. The molecule has 0 bridgehead atoms. The molecule has 1 aromatic heterocycles. The van der Waals surface area contributed by atoms with Gasteiger partial charge in [-0.05, 0) is 55.6 Å². The van der Waals surface area contributed by atoms with Crippen molar-refractivity contribution in [2.75, 3.05) is 6.54 Å². The van der Waals surface area contributed by atoms with E-state index >= 15 is 0 Å². The van der Waals surface area contributed by atoms with Gasteiger partial charge in [-0.2, -0.15) is 13.2 Å². The number of hydrogen-bond donors (Lipinski definition) is 2. The van der Waals surface area contributed by atoms with Crippen LogP contribution in [-0.2, 0) is 12.6 Å². The van der Waals surface area contributed by atoms with Gasteiger partial charge >= 0.3 is 6.18 Å². The molecule has 0 radical (unpaired) electrons. The number of nitrogens with two attached hydrogens (primary N) is 1. The standard InChI is InChI=1S/C19H17ClF4N2/c20-15-8-7-11(19(22,23)24)10-14(15)17-12(4-1-2-9-25)13-5-3-6-16(21)18(13)26-17/h3,5-8,10,26H,1-2,4,9,25H2. The van der Waals surface area contributed by atoms with Crippen LogP contribution in [0.1, 0.15) is 24.0 Å². The van der Waals surface area contributed by atoms with Crippen molar-refractivity contribution < 1.29 is 17.6 Å². The van der Waals surface area contributed by atoms with Gasteiger partial charge in [0.05, 0.1) is 16.8 Å². The van der Waals surface area contributed by atoms with Crippen LogP contribution in [0.3, 0.4) is 0 Å².